The SMILES string of the molecule is O=C(O)COc1cccc2c1CCCC2CCC(=O)NOC(c1ccccc1)c1cccnc1. The van der Waals surface area contributed by atoms with Gasteiger partial charge in [-0.05, 0) is 60.4 Å². The van der Waals surface area contributed by atoms with Crippen LogP contribution in [-0.4, -0.2) is 28.6 Å². The monoisotopic (exact) mass is 460 g/mol. The van der Waals surface area contributed by atoms with Gasteiger partial charge in [0.1, 0.15) is 11.9 Å². The molecule has 0 bridgehead atoms. The summed E-state index contributed by atoms with van der Waals surface area (Å²) in [5.74, 6) is -0.345. The highest BCUT2D eigenvalue weighted by atomic mass is 16.7. The van der Waals surface area contributed by atoms with Crippen LogP contribution in [0.15, 0.2) is 73.1 Å². The maximum absolute atomic E-state index is 12.7. The van der Waals surface area contributed by atoms with E-state index in [-0.39, 0.29) is 18.4 Å². The molecule has 0 saturated carbocycles. The largest absolute Gasteiger partial charge is 0.482 e. The third-order valence-corrected chi connectivity index (χ3v) is 6.04. The molecule has 0 radical (unpaired) electrons. The molecule has 1 heterocycles. The van der Waals surface area contributed by atoms with Gasteiger partial charge in [-0.15, -0.1) is 0 Å². The molecular weight excluding hydrogens is 432 g/mol. The van der Waals surface area contributed by atoms with E-state index in [1.165, 1.54) is 0 Å². The molecule has 1 aliphatic carbocycles. The molecule has 1 amide bonds. The number of hydrogen-bond acceptors (Lipinski definition) is 5. The lowest BCUT2D eigenvalue weighted by molar-refractivity contribution is -0.139. The van der Waals surface area contributed by atoms with Crippen molar-refractivity contribution in [1.29, 1.82) is 0 Å². The summed E-state index contributed by atoms with van der Waals surface area (Å²) in [4.78, 5) is 33.6. The smallest absolute Gasteiger partial charge is 0.341 e. The molecule has 0 saturated heterocycles. The second-order valence-corrected chi connectivity index (χ2v) is 8.35. The number of fused-ring (bicyclic) bond motifs is 1. The van der Waals surface area contributed by atoms with Gasteiger partial charge in [-0.1, -0.05) is 48.5 Å². The van der Waals surface area contributed by atoms with Crippen LogP contribution < -0.4 is 10.2 Å². The van der Waals surface area contributed by atoms with Gasteiger partial charge >= 0.3 is 5.97 Å². The van der Waals surface area contributed by atoms with Gasteiger partial charge in [0, 0.05) is 24.4 Å². The Morgan fingerprint density at radius 2 is 1.88 bits per heavy atom. The van der Waals surface area contributed by atoms with Gasteiger partial charge in [-0.3, -0.25) is 14.6 Å². The summed E-state index contributed by atoms with van der Waals surface area (Å²) in [5, 5.41) is 8.93. The first-order chi connectivity index (χ1) is 16.6. The van der Waals surface area contributed by atoms with Crippen molar-refractivity contribution < 1.29 is 24.3 Å². The van der Waals surface area contributed by atoms with Crippen LogP contribution in [0.4, 0.5) is 0 Å². The van der Waals surface area contributed by atoms with E-state index in [2.05, 4.69) is 16.5 Å². The fourth-order valence-corrected chi connectivity index (χ4v) is 4.46. The van der Waals surface area contributed by atoms with Gasteiger partial charge in [0.25, 0.3) is 0 Å². The van der Waals surface area contributed by atoms with E-state index in [0.717, 1.165) is 41.5 Å². The van der Waals surface area contributed by atoms with Crippen molar-refractivity contribution >= 4 is 11.9 Å². The molecule has 2 unspecified atom stereocenters. The lowest BCUT2D eigenvalue weighted by Crippen LogP contribution is -2.27. The molecule has 1 aliphatic rings. The second kappa shape index (κ2) is 11.4. The molecule has 3 aromatic rings. The summed E-state index contributed by atoms with van der Waals surface area (Å²) in [6.45, 7) is -0.361. The zero-order chi connectivity index (χ0) is 23.8. The normalized spacial score (nSPS) is 15.7. The first kappa shape index (κ1) is 23.4. The molecule has 2 atom stereocenters. The third-order valence-electron chi connectivity index (χ3n) is 6.04. The number of carbonyl (C=O) groups excluding carboxylic acids is 1. The number of carbonyl (C=O) groups is 2. The Morgan fingerprint density at radius 1 is 1.06 bits per heavy atom. The van der Waals surface area contributed by atoms with Crippen LogP contribution in [0.1, 0.15) is 60.0 Å². The summed E-state index contributed by atoms with van der Waals surface area (Å²) in [6.07, 6.45) is 6.76. The summed E-state index contributed by atoms with van der Waals surface area (Å²) < 4.78 is 5.48. The molecule has 0 aliphatic heterocycles. The van der Waals surface area contributed by atoms with Crippen LogP contribution in [0.25, 0.3) is 0 Å². The van der Waals surface area contributed by atoms with Crippen LogP contribution in [-0.2, 0) is 20.8 Å². The van der Waals surface area contributed by atoms with Crippen molar-refractivity contribution in [2.24, 2.45) is 0 Å². The Bertz CT molecular complexity index is 1070. The van der Waals surface area contributed by atoms with Gasteiger partial charge < -0.3 is 9.84 Å². The van der Waals surface area contributed by atoms with E-state index in [4.69, 9.17) is 14.7 Å². The number of hydrogen-bond donors (Lipinski definition) is 2. The van der Waals surface area contributed by atoms with Crippen molar-refractivity contribution in [3.8, 4) is 5.75 Å². The Morgan fingerprint density at radius 3 is 2.65 bits per heavy atom. The number of nitrogens with one attached hydrogen (secondary N) is 1. The number of carboxylic acids is 1. The number of ether oxygens (including phenoxy) is 1. The van der Waals surface area contributed by atoms with E-state index < -0.39 is 12.1 Å². The maximum Gasteiger partial charge on any atom is 0.341 e. The topological polar surface area (TPSA) is 97.8 Å². The summed E-state index contributed by atoms with van der Waals surface area (Å²) in [7, 11) is 0. The third kappa shape index (κ3) is 5.99. The number of carboxylic acid groups (broad SMARTS) is 1. The van der Waals surface area contributed by atoms with Gasteiger partial charge in [-0.25, -0.2) is 10.3 Å². The van der Waals surface area contributed by atoms with E-state index in [1.54, 1.807) is 12.4 Å². The van der Waals surface area contributed by atoms with Crippen LogP contribution in [0.5, 0.6) is 5.75 Å². The molecule has 7 nitrogen and oxygen atoms in total. The molecule has 0 fully saturated rings. The Kier molecular flexibility index (Phi) is 7.88. The molecule has 7 heteroatoms. The van der Waals surface area contributed by atoms with Gasteiger partial charge in [0.05, 0.1) is 0 Å². The van der Waals surface area contributed by atoms with Crippen LogP contribution >= 0.6 is 0 Å². The minimum absolute atomic E-state index is 0.185. The maximum atomic E-state index is 12.7. The van der Waals surface area contributed by atoms with E-state index in [0.29, 0.717) is 18.6 Å². The van der Waals surface area contributed by atoms with E-state index in [9.17, 15) is 9.59 Å². The lowest BCUT2D eigenvalue weighted by atomic mass is 9.80. The lowest BCUT2D eigenvalue weighted by Gasteiger charge is -2.27. The zero-order valence-electron chi connectivity index (χ0n) is 18.9. The number of nitrogens with zero attached hydrogens (tertiary/aromatic N) is 1. The van der Waals surface area contributed by atoms with Gasteiger partial charge in [0.15, 0.2) is 6.61 Å². The van der Waals surface area contributed by atoms with E-state index >= 15 is 0 Å². The predicted molar refractivity (Wildman–Crippen MR) is 126 cm³/mol. The number of rotatable bonds is 10. The molecule has 2 N–H and O–H groups in total. The molecule has 4 rings (SSSR count). The molecule has 0 spiro atoms. The molecule has 1 aromatic heterocycles. The first-order valence-corrected chi connectivity index (χ1v) is 11.5. The predicted octanol–water partition coefficient (Wildman–Crippen LogP) is 4.58. The minimum Gasteiger partial charge on any atom is -0.482 e. The van der Waals surface area contributed by atoms with Crippen LogP contribution in [0.3, 0.4) is 0 Å². The quantitative estimate of drug-likeness (QED) is 0.430. The fraction of sp³-hybridized carbons (Fsp3) is 0.296. The Labute approximate surface area is 198 Å². The average molecular weight is 461 g/mol. The Balaban J connectivity index is 1.37. The van der Waals surface area contributed by atoms with E-state index in [1.807, 2.05) is 54.6 Å². The van der Waals surface area contributed by atoms with Crippen LogP contribution in [0, 0.1) is 0 Å². The summed E-state index contributed by atoms with van der Waals surface area (Å²) in [5.41, 5.74) is 6.60. The van der Waals surface area contributed by atoms with Crippen molar-refractivity contribution in [2.45, 2.75) is 44.1 Å². The standard InChI is InChI=1S/C27H28N2O5/c30-25(29-34-27(20-7-2-1-3-8-20)21-10-6-16-28-17-21)15-14-19-9-4-12-23-22(19)11-5-13-24(23)33-18-26(31)32/h1-3,5-8,10-11,13,16-17,19,27H,4,9,12,14-15,18H2,(H,29,30)(H,31,32). The number of hydroxylamine groups is 1. The Hall–Kier alpha value is -3.71. The average Bonchev–Trinajstić information content (AvgIpc) is 2.87. The van der Waals surface area contributed by atoms with Gasteiger partial charge in [0.2, 0.25) is 5.91 Å². The van der Waals surface area contributed by atoms with Crippen molar-refractivity contribution in [2.75, 3.05) is 6.61 Å². The highest BCUT2D eigenvalue weighted by Crippen LogP contribution is 2.39. The van der Waals surface area contributed by atoms with Gasteiger partial charge in [-0.2, -0.15) is 0 Å². The minimum atomic E-state index is -0.998. The molecule has 34 heavy (non-hydrogen) atoms. The fourth-order valence-electron chi connectivity index (χ4n) is 4.46. The van der Waals surface area contributed by atoms with Crippen molar-refractivity contribution in [1.82, 2.24) is 10.5 Å². The molecular formula is C27H28N2O5. The molecule has 176 valence electrons. The number of aromatic nitrogens is 1. The summed E-state index contributed by atoms with van der Waals surface area (Å²) in [6, 6.07) is 19.2. The van der Waals surface area contributed by atoms with Crippen LogP contribution in [0.2, 0.25) is 0 Å². The highest BCUT2D eigenvalue weighted by molar-refractivity contribution is 5.75. The van der Waals surface area contributed by atoms with Crippen molar-refractivity contribution in [3.63, 3.8) is 0 Å². The summed E-state index contributed by atoms with van der Waals surface area (Å²) >= 11 is 0. The number of pyridine rings is 1. The molecule has 2 aromatic carbocycles. The van der Waals surface area contributed by atoms with Crippen molar-refractivity contribution in [3.05, 3.63) is 95.3 Å². The number of aliphatic carboxylic acids is 1. The number of amides is 1. The second-order valence-electron chi connectivity index (χ2n) is 8.35. The highest BCUT2D eigenvalue weighted by Gasteiger charge is 2.24. The zero-order valence-corrected chi connectivity index (χ0v) is 18.9. The number of benzene rings is 2. The first-order valence-electron chi connectivity index (χ1n) is 11.5.